The molecule has 254 valence electrons. The Morgan fingerprint density at radius 1 is 1.04 bits per heavy atom. The average Bonchev–Trinajstić information content (AvgIpc) is 3.26. The number of phenolic OH excluding ortho intramolecular Hbond substituents is 1. The number of fused-ring (bicyclic) bond motifs is 1. The Morgan fingerprint density at radius 3 is 2.19 bits per heavy atom. The van der Waals surface area contributed by atoms with Gasteiger partial charge in [0.1, 0.15) is 34.8 Å². The fourth-order valence-electron chi connectivity index (χ4n) is 5.44. The van der Waals surface area contributed by atoms with Gasteiger partial charge in [-0.3, -0.25) is 28.8 Å². The van der Waals surface area contributed by atoms with E-state index >= 15 is 0 Å². The summed E-state index contributed by atoms with van der Waals surface area (Å²) in [6.07, 6.45) is 0. The lowest BCUT2D eigenvalue weighted by Crippen LogP contribution is -2.72. The van der Waals surface area contributed by atoms with Gasteiger partial charge in [-0.15, -0.1) is 11.8 Å². The summed E-state index contributed by atoms with van der Waals surface area (Å²) in [6.45, 7) is 3.19. The van der Waals surface area contributed by atoms with Crippen LogP contribution >= 0.6 is 11.8 Å². The van der Waals surface area contributed by atoms with Gasteiger partial charge in [0.05, 0.1) is 0 Å². The molecule has 1 aromatic heterocycles. The number of rotatable bonds is 8. The zero-order chi connectivity index (χ0) is 35.5. The first-order valence-electron chi connectivity index (χ1n) is 13.8. The highest BCUT2D eigenvalue weighted by atomic mass is 32.2. The molecule has 2 aromatic carbocycles. The maximum absolute atomic E-state index is 14.0. The number of carboxylic acids is 1. The number of hydrogen-bond donors (Lipinski definition) is 5. The second-order valence-electron chi connectivity index (χ2n) is 11.4. The Bertz CT molecular complexity index is 1980. The molecule has 6 N–H and O–H groups in total. The van der Waals surface area contributed by atoms with Crippen molar-refractivity contribution >= 4 is 51.2 Å². The molecule has 3 amide bonds. The Kier molecular flexibility index (Phi) is 8.60. The third kappa shape index (κ3) is 5.99. The van der Waals surface area contributed by atoms with Gasteiger partial charge >= 0.3 is 21.5 Å². The Labute approximate surface area is 273 Å². The van der Waals surface area contributed by atoms with Crippen molar-refractivity contribution < 1.29 is 51.0 Å². The number of β-lactam (4-membered cyclic amide) rings is 1. The monoisotopic (exact) mass is 709 g/mol. The third-order valence-electron chi connectivity index (χ3n) is 7.79. The van der Waals surface area contributed by atoms with Gasteiger partial charge in [0.2, 0.25) is 0 Å². The van der Waals surface area contributed by atoms with Crippen LogP contribution in [0.15, 0.2) is 65.5 Å². The number of nitrogens with one attached hydrogen (secondary N) is 2. The summed E-state index contributed by atoms with van der Waals surface area (Å²) in [5, 5.41) is 18.5. The summed E-state index contributed by atoms with van der Waals surface area (Å²) in [7, 11) is -5.67. The first-order valence-corrected chi connectivity index (χ1v) is 16.2. The van der Waals surface area contributed by atoms with Crippen molar-refractivity contribution in [1.29, 1.82) is 0 Å². The number of H-pyrrole nitrogens is 1. The van der Waals surface area contributed by atoms with Crippen molar-refractivity contribution in [1.82, 2.24) is 14.8 Å². The van der Waals surface area contributed by atoms with Crippen LogP contribution in [0.5, 0.6) is 5.75 Å². The predicted octanol–water partition coefficient (Wildman–Crippen LogP) is 2.19. The maximum Gasteiger partial charge on any atom is 0.516 e. The van der Waals surface area contributed by atoms with E-state index in [0.29, 0.717) is 4.90 Å². The minimum Gasteiger partial charge on any atom is -0.508 e. The molecular formula is C29H26F3N5O9S2. The van der Waals surface area contributed by atoms with Crippen LogP contribution in [0.4, 0.5) is 18.9 Å². The number of thioether (sulfide) groups is 1. The lowest BCUT2D eigenvalue weighted by Gasteiger charge is -2.47. The van der Waals surface area contributed by atoms with Crippen LogP contribution in [-0.2, 0) is 24.4 Å². The quantitative estimate of drug-likeness (QED) is 0.214. The van der Waals surface area contributed by atoms with Crippen molar-refractivity contribution in [2.75, 3.05) is 4.72 Å². The highest BCUT2D eigenvalue weighted by Gasteiger charge is 2.67. The second-order valence-corrected chi connectivity index (χ2v) is 14.8. The molecule has 48 heavy (non-hydrogen) atoms. The number of phenols is 1. The van der Waals surface area contributed by atoms with Gasteiger partial charge in [0.25, 0.3) is 23.3 Å². The molecule has 0 radical (unpaired) electrons. The van der Waals surface area contributed by atoms with E-state index in [-0.39, 0.29) is 22.6 Å². The van der Waals surface area contributed by atoms with Crippen LogP contribution in [0.3, 0.4) is 0 Å². The van der Waals surface area contributed by atoms with Gasteiger partial charge in [0.15, 0.2) is 0 Å². The van der Waals surface area contributed by atoms with Gasteiger partial charge in [-0.25, -0.2) is 4.79 Å². The van der Waals surface area contributed by atoms with Gasteiger partial charge in [0, 0.05) is 16.1 Å². The molecule has 5 rings (SSSR count). The number of aliphatic carboxylic acids is 1. The Morgan fingerprint density at radius 2 is 1.65 bits per heavy atom. The summed E-state index contributed by atoms with van der Waals surface area (Å²) >= 11 is 1.06. The summed E-state index contributed by atoms with van der Waals surface area (Å²) in [6, 6.07) is 7.54. The number of aromatic hydroxyl groups is 1. The second kappa shape index (κ2) is 12.0. The van der Waals surface area contributed by atoms with Crippen LogP contribution in [0.1, 0.15) is 35.8 Å². The number of nitrogens with two attached hydrogens (primary N) is 1. The molecule has 3 aromatic rings. The number of aromatic nitrogens is 1. The zero-order valence-electron chi connectivity index (χ0n) is 24.8. The van der Waals surface area contributed by atoms with Crippen LogP contribution in [-0.4, -0.2) is 84.8 Å². The van der Waals surface area contributed by atoms with E-state index in [0.717, 1.165) is 34.9 Å². The van der Waals surface area contributed by atoms with E-state index in [9.17, 15) is 55.8 Å². The van der Waals surface area contributed by atoms with E-state index in [1.54, 1.807) is 13.8 Å². The van der Waals surface area contributed by atoms with Crippen molar-refractivity contribution in [2.24, 2.45) is 5.73 Å². The number of imide groups is 1. The molecule has 2 saturated heterocycles. The van der Waals surface area contributed by atoms with Gasteiger partial charge in [-0.1, -0.05) is 24.3 Å². The number of amides is 3. The summed E-state index contributed by atoms with van der Waals surface area (Å²) < 4.78 is 61.2. The molecule has 0 aliphatic carbocycles. The standard InChI is InChI=1S/C29H26F3N5O9S2/c1-28(2)21(27(43)44)37-25(42)20(26(37)47-28)36(24(41)19(33)14-5-9-16(38)10-6-14)23(40)17-11-12-18(34-22(17)39)13-3-7-15(8-4-13)35-48(45,46)29(30,31)32/h3-12,19-21,26,35,38H,33H2,1-2H3,(H,34,39)(H,43,44)/t19?,20-,21+,26-/m1/s1. The smallest absolute Gasteiger partial charge is 0.508 e. The molecule has 19 heteroatoms. The number of alkyl halides is 3. The molecule has 2 aliphatic heterocycles. The van der Waals surface area contributed by atoms with Gasteiger partial charge in [-0.2, -0.15) is 21.6 Å². The lowest BCUT2D eigenvalue weighted by molar-refractivity contribution is -0.166. The highest BCUT2D eigenvalue weighted by molar-refractivity contribution is 8.01. The van der Waals surface area contributed by atoms with E-state index in [4.69, 9.17) is 5.73 Å². The van der Waals surface area contributed by atoms with Crippen molar-refractivity contribution in [2.45, 2.75) is 47.6 Å². The first-order chi connectivity index (χ1) is 22.2. The molecular weight excluding hydrogens is 683 g/mol. The number of benzene rings is 2. The van der Waals surface area contributed by atoms with Gasteiger partial charge < -0.3 is 25.8 Å². The number of hydrogen-bond acceptors (Lipinski definition) is 10. The van der Waals surface area contributed by atoms with Crippen molar-refractivity contribution in [3.63, 3.8) is 0 Å². The van der Waals surface area contributed by atoms with Gasteiger partial charge in [-0.05, 0) is 61.4 Å². The van der Waals surface area contributed by atoms with Crippen LogP contribution in [0, 0.1) is 0 Å². The topological polar surface area (TPSA) is 220 Å². The van der Waals surface area contributed by atoms with Crippen LogP contribution < -0.4 is 16.0 Å². The average molecular weight is 710 g/mol. The molecule has 0 spiro atoms. The number of carbonyl (C=O) groups excluding carboxylic acids is 3. The number of aromatic amines is 1. The molecule has 4 atom stereocenters. The minimum atomic E-state index is -5.67. The molecule has 0 saturated carbocycles. The normalized spacial score (nSPS) is 20.8. The summed E-state index contributed by atoms with van der Waals surface area (Å²) in [4.78, 5) is 70.6. The number of pyridine rings is 1. The SMILES string of the molecule is CC1(C)S[C@@H]2[C@H](N(C(=O)c3ccc(-c4ccc(NS(=O)(=O)C(F)(F)F)cc4)[nH]c3=O)C(=O)C(N)c3ccc(O)cc3)C(=O)N2[C@H]1C(=O)O. The Hall–Kier alpha value is -4.88. The molecule has 2 aliphatic rings. The third-order valence-corrected chi connectivity index (χ3v) is 10.5. The van der Waals surface area contributed by atoms with Crippen molar-refractivity contribution in [3.05, 3.63) is 82.1 Å². The number of carbonyl (C=O) groups is 4. The zero-order valence-corrected chi connectivity index (χ0v) is 26.4. The number of nitrogens with zero attached hydrogens (tertiary/aromatic N) is 2. The van der Waals surface area contributed by atoms with Crippen LogP contribution in [0.25, 0.3) is 11.3 Å². The number of sulfonamides is 1. The fourth-order valence-corrected chi connectivity index (χ4v) is 7.67. The summed E-state index contributed by atoms with van der Waals surface area (Å²) in [5.41, 5.74) is -0.954. The molecule has 1 unspecified atom stereocenters. The van der Waals surface area contributed by atoms with E-state index in [1.807, 2.05) is 0 Å². The van der Waals surface area contributed by atoms with Crippen molar-refractivity contribution in [3.8, 4) is 17.0 Å². The lowest BCUT2D eigenvalue weighted by atomic mass is 9.94. The molecule has 14 nitrogen and oxygen atoms in total. The number of carboxylic acid groups (broad SMARTS) is 1. The van der Waals surface area contributed by atoms with E-state index < -0.39 is 84.3 Å². The molecule has 3 heterocycles. The van der Waals surface area contributed by atoms with E-state index in [1.165, 1.54) is 47.2 Å². The largest absolute Gasteiger partial charge is 0.516 e. The number of halogens is 3. The number of anilines is 1. The summed E-state index contributed by atoms with van der Waals surface area (Å²) in [5.74, 6) is -4.57. The maximum atomic E-state index is 14.0. The predicted molar refractivity (Wildman–Crippen MR) is 165 cm³/mol. The van der Waals surface area contributed by atoms with E-state index in [2.05, 4.69) is 4.98 Å². The van der Waals surface area contributed by atoms with Crippen LogP contribution in [0.2, 0.25) is 0 Å². The first kappa shape index (κ1) is 34.5. The Balaban J connectivity index is 1.48. The molecule has 2 fully saturated rings. The fraction of sp³-hybridized carbons (Fsp3) is 0.276. The highest BCUT2D eigenvalue weighted by Crippen LogP contribution is 2.52. The molecule has 0 bridgehead atoms. The minimum absolute atomic E-state index is 0.0590.